The maximum atomic E-state index is 13.3. The van der Waals surface area contributed by atoms with Crippen molar-refractivity contribution < 1.29 is 43.5 Å². The minimum Gasteiger partial charge on any atom is -0.504 e. The molecule has 1 unspecified atom stereocenters. The number of esters is 2. The van der Waals surface area contributed by atoms with Crippen LogP contribution in [0.25, 0.3) is 0 Å². The van der Waals surface area contributed by atoms with E-state index in [1.54, 1.807) is 43.3 Å². The van der Waals surface area contributed by atoms with Gasteiger partial charge in [0.25, 0.3) is 0 Å². The molecule has 0 radical (unpaired) electrons. The van der Waals surface area contributed by atoms with Crippen molar-refractivity contribution in [2.24, 2.45) is 11.8 Å². The van der Waals surface area contributed by atoms with Crippen molar-refractivity contribution in [3.63, 3.8) is 0 Å². The Morgan fingerprint density at radius 1 is 0.950 bits per heavy atom. The molecule has 0 bridgehead atoms. The number of cyclic esters (lactones) is 1. The van der Waals surface area contributed by atoms with Gasteiger partial charge in [0.05, 0.1) is 52.1 Å². The topological polar surface area (TPSA) is 133 Å². The van der Waals surface area contributed by atoms with Gasteiger partial charge in [0.2, 0.25) is 5.75 Å². The maximum absolute atomic E-state index is 13.3. The Bertz CT molecular complexity index is 1410. The molecular formula is C30H31NO9. The van der Waals surface area contributed by atoms with Crippen LogP contribution in [0.2, 0.25) is 0 Å². The third-order valence-electron chi connectivity index (χ3n) is 7.55. The number of carbonyl (C=O) groups is 2. The summed E-state index contributed by atoms with van der Waals surface area (Å²) in [7, 11) is 4.54. The number of fused-ring (bicyclic) bond motifs is 2. The molecule has 0 saturated carbocycles. The summed E-state index contributed by atoms with van der Waals surface area (Å²) in [4.78, 5) is 25.4. The highest BCUT2D eigenvalue weighted by Crippen LogP contribution is 2.55. The number of nitrogens with one attached hydrogen (secondary N) is 1. The van der Waals surface area contributed by atoms with E-state index in [2.05, 4.69) is 5.32 Å². The van der Waals surface area contributed by atoms with E-state index in [0.29, 0.717) is 45.2 Å². The molecule has 0 amide bonds. The van der Waals surface area contributed by atoms with Crippen LogP contribution in [0.3, 0.4) is 0 Å². The molecule has 1 aliphatic carbocycles. The lowest BCUT2D eigenvalue weighted by molar-refractivity contribution is -0.141. The maximum Gasteiger partial charge on any atom is 0.338 e. The van der Waals surface area contributed by atoms with E-state index in [-0.39, 0.29) is 36.6 Å². The lowest BCUT2D eigenvalue weighted by Gasteiger charge is -2.40. The van der Waals surface area contributed by atoms with E-state index in [0.717, 1.165) is 0 Å². The molecule has 1 saturated heterocycles. The molecule has 210 valence electrons. The van der Waals surface area contributed by atoms with E-state index in [1.165, 1.54) is 33.5 Å². The fraction of sp³-hybridized carbons (Fsp3) is 0.333. The summed E-state index contributed by atoms with van der Waals surface area (Å²) >= 11 is 0. The van der Waals surface area contributed by atoms with Crippen molar-refractivity contribution in [1.82, 2.24) is 0 Å². The number of phenolic OH excluding ortho intramolecular Hbond substituents is 2. The highest BCUT2D eigenvalue weighted by atomic mass is 16.5. The Kier molecular flexibility index (Phi) is 7.34. The van der Waals surface area contributed by atoms with Crippen molar-refractivity contribution in [2.45, 2.75) is 18.9 Å². The zero-order valence-corrected chi connectivity index (χ0v) is 22.6. The minimum atomic E-state index is -0.615. The van der Waals surface area contributed by atoms with Gasteiger partial charge in [0, 0.05) is 17.5 Å². The quantitative estimate of drug-likeness (QED) is 0.274. The summed E-state index contributed by atoms with van der Waals surface area (Å²) in [6, 6.07) is 12.9. The number of ether oxygens (including phenoxy) is 5. The molecule has 3 aromatic carbocycles. The average molecular weight is 550 g/mol. The van der Waals surface area contributed by atoms with Gasteiger partial charge >= 0.3 is 11.9 Å². The zero-order chi connectivity index (χ0) is 28.6. The summed E-state index contributed by atoms with van der Waals surface area (Å²) in [6.07, 6.45) is 0. The fourth-order valence-electron chi connectivity index (χ4n) is 5.76. The number of methoxy groups -OCH3 is 3. The number of hydrogen-bond donors (Lipinski definition) is 3. The SMILES string of the molecule is CCOC(=O)c1ccc(NC2c3cc(O)c(O)cc3[C@@H](c3cc(OC)c(OC)c(OC)c3)[C@H]3C(=O)OC[C@H]23)cc1. The predicted molar refractivity (Wildman–Crippen MR) is 144 cm³/mol. The monoisotopic (exact) mass is 549 g/mol. The van der Waals surface area contributed by atoms with Crippen LogP contribution in [0, 0.1) is 11.8 Å². The Hall–Kier alpha value is -4.60. The second kappa shape index (κ2) is 10.9. The molecule has 2 aliphatic rings. The normalized spacial score (nSPS) is 21.1. The number of aromatic hydroxyl groups is 2. The van der Waals surface area contributed by atoms with Crippen LogP contribution in [0.1, 0.15) is 45.9 Å². The van der Waals surface area contributed by atoms with Crippen molar-refractivity contribution in [3.05, 3.63) is 70.8 Å². The molecule has 3 N–H and O–H groups in total. The van der Waals surface area contributed by atoms with Gasteiger partial charge in [-0.1, -0.05) is 0 Å². The first kappa shape index (κ1) is 27.0. The van der Waals surface area contributed by atoms with E-state index >= 15 is 0 Å². The van der Waals surface area contributed by atoms with Gasteiger partial charge in [-0.3, -0.25) is 4.79 Å². The smallest absolute Gasteiger partial charge is 0.338 e. The highest BCUT2D eigenvalue weighted by molar-refractivity contribution is 5.89. The van der Waals surface area contributed by atoms with Gasteiger partial charge in [0.1, 0.15) is 0 Å². The lowest BCUT2D eigenvalue weighted by Crippen LogP contribution is -2.37. The molecule has 0 spiro atoms. The van der Waals surface area contributed by atoms with Crippen molar-refractivity contribution in [1.29, 1.82) is 0 Å². The van der Waals surface area contributed by atoms with Crippen molar-refractivity contribution in [2.75, 3.05) is 39.9 Å². The van der Waals surface area contributed by atoms with Gasteiger partial charge in [-0.15, -0.1) is 0 Å². The molecule has 40 heavy (non-hydrogen) atoms. The number of carbonyl (C=O) groups excluding carboxylic acids is 2. The van der Waals surface area contributed by atoms with E-state index in [4.69, 9.17) is 23.7 Å². The van der Waals surface area contributed by atoms with E-state index in [1.807, 2.05) is 0 Å². The third-order valence-corrected chi connectivity index (χ3v) is 7.55. The molecule has 3 aromatic rings. The van der Waals surface area contributed by atoms with Crippen molar-refractivity contribution >= 4 is 17.6 Å². The van der Waals surface area contributed by atoms with Crippen LogP contribution in [-0.2, 0) is 14.3 Å². The molecule has 1 fully saturated rings. The minimum absolute atomic E-state index is 0.157. The summed E-state index contributed by atoms with van der Waals surface area (Å²) < 4.78 is 27.3. The van der Waals surface area contributed by atoms with Crippen LogP contribution in [0.4, 0.5) is 5.69 Å². The van der Waals surface area contributed by atoms with Gasteiger partial charge in [-0.25, -0.2) is 4.79 Å². The van der Waals surface area contributed by atoms with Crippen LogP contribution in [-0.4, -0.2) is 56.7 Å². The lowest BCUT2D eigenvalue weighted by atomic mass is 9.65. The summed E-state index contributed by atoms with van der Waals surface area (Å²) in [5.41, 5.74) is 3.15. The number of anilines is 1. The average Bonchev–Trinajstić information content (AvgIpc) is 3.34. The van der Waals surface area contributed by atoms with Crippen LogP contribution in [0.5, 0.6) is 28.7 Å². The molecule has 4 atom stereocenters. The molecule has 5 rings (SSSR count). The summed E-state index contributed by atoms with van der Waals surface area (Å²) in [6.45, 7) is 2.18. The van der Waals surface area contributed by atoms with Crippen molar-refractivity contribution in [3.8, 4) is 28.7 Å². The fourth-order valence-corrected chi connectivity index (χ4v) is 5.76. The highest BCUT2D eigenvalue weighted by Gasteiger charge is 2.52. The second-order valence-corrected chi connectivity index (χ2v) is 9.65. The van der Waals surface area contributed by atoms with Gasteiger partial charge < -0.3 is 39.2 Å². The first-order valence-corrected chi connectivity index (χ1v) is 12.9. The third kappa shape index (κ3) is 4.59. The first-order valence-electron chi connectivity index (χ1n) is 12.9. The van der Waals surface area contributed by atoms with Crippen LogP contribution >= 0.6 is 0 Å². The number of phenols is 2. The summed E-state index contributed by atoms with van der Waals surface area (Å²) in [5, 5.41) is 24.5. The second-order valence-electron chi connectivity index (χ2n) is 9.65. The molecule has 1 heterocycles. The molecular weight excluding hydrogens is 518 g/mol. The van der Waals surface area contributed by atoms with E-state index < -0.39 is 23.8 Å². The zero-order valence-electron chi connectivity index (χ0n) is 22.6. The van der Waals surface area contributed by atoms with Crippen LogP contribution in [0.15, 0.2) is 48.5 Å². The van der Waals surface area contributed by atoms with Gasteiger partial charge in [0.15, 0.2) is 23.0 Å². The summed E-state index contributed by atoms with van der Waals surface area (Å²) in [5.74, 6) is -1.60. The Labute approximate surface area is 231 Å². The molecule has 10 heteroatoms. The number of benzene rings is 3. The number of rotatable bonds is 8. The van der Waals surface area contributed by atoms with Crippen LogP contribution < -0.4 is 19.5 Å². The standard InChI is InChI=1S/C30H31NO9/c1-5-39-29(34)15-6-8-17(9-7-15)31-27-19-13-22(33)21(32)12-18(19)25(26-20(27)14-40-30(26)35)16-10-23(36-2)28(38-4)24(11-16)37-3/h6-13,20,25-27,31-33H,5,14H2,1-4H3/t20-,25+,26-,27?/m0/s1. The van der Waals surface area contributed by atoms with E-state index in [9.17, 15) is 19.8 Å². The Morgan fingerprint density at radius 3 is 2.15 bits per heavy atom. The number of hydrogen-bond acceptors (Lipinski definition) is 10. The molecule has 10 nitrogen and oxygen atoms in total. The van der Waals surface area contributed by atoms with Gasteiger partial charge in [-0.2, -0.15) is 0 Å². The predicted octanol–water partition coefficient (Wildman–Crippen LogP) is 4.39. The van der Waals surface area contributed by atoms with Gasteiger partial charge in [-0.05, 0) is 72.1 Å². The Morgan fingerprint density at radius 2 is 1.57 bits per heavy atom. The largest absolute Gasteiger partial charge is 0.504 e. The molecule has 0 aromatic heterocycles. The molecule has 1 aliphatic heterocycles. The first-order chi connectivity index (χ1) is 19.3. The Balaban J connectivity index is 1.62.